The maximum absolute atomic E-state index is 14.0. The van der Waals surface area contributed by atoms with E-state index in [-0.39, 0.29) is 24.3 Å². The predicted octanol–water partition coefficient (Wildman–Crippen LogP) is 7.29. The molecule has 1 aromatic heterocycles. The van der Waals surface area contributed by atoms with Crippen LogP contribution in [0.4, 0.5) is 10.1 Å². The highest BCUT2D eigenvalue weighted by Crippen LogP contribution is 2.32. The lowest BCUT2D eigenvalue weighted by Gasteiger charge is -2.31. The van der Waals surface area contributed by atoms with Gasteiger partial charge in [0.05, 0.1) is 5.01 Å². The van der Waals surface area contributed by atoms with Gasteiger partial charge in [0, 0.05) is 45.7 Å². The molecule has 0 radical (unpaired) electrons. The molecule has 1 saturated heterocycles. The number of nitrogens with one attached hydrogen (secondary N) is 1. The average Bonchev–Trinajstić information content (AvgIpc) is 3.45. The van der Waals surface area contributed by atoms with Crippen LogP contribution in [0.5, 0.6) is 5.75 Å². The summed E-state index contributed by atoms with van der Waals surface area (Å²) >= 11 is 13.3. The zero-order valence-corrected chi connectivity index (χ0v) is 23.0. The SMILES string of the molecule is O=C(Nc1ccc(F)cc1-c1ccc(Cl)cc1)c1csc(C2CCN(C(=O)COc3ccc(Cl)cc3)CC2)n1. The number of halogens is 3. The number of nitrogens with zero attached hydrogens (tertiary/aromatic N) is 2. The van der Waals surface area contributed by atoms with Crippen molar-refractivity contribution >= 4 is 52.0 Å². The summed E-state index contributed by atoms with van der Waals surface area (Å²) in [6, 6.07) is 18.1. The van der Waals surface area contributed by atoms with Gasteiger partial charge in [-0.3, -0.25) is 9.59 Å². The van der Waals surface area contributed by atoms with E-state index >= 15 is 0 Å². The van der Waals surface area contributed by atoms with E-state index in [2.05, 4.69) is 10.3 Å². The molecular weight excluding hydrogens is 560 g/mol. The molecule has 0 spiro atoms. The lowest BCUT2D eigenvalue weighted by Crippen LogP contribution is -2.40. The summed E-state index contributed by atoms with van der Waals surface area (Å²) < 4.78 is 19.6. The summed E-state index contributed by atoms with van der Waals surface area (Å²) in [7, 11) is 0. The zero-order valence-electron chi connectivity index (χ0n) is 20.7. The van der Waals surface area contributed by atoms with Crippen molar-refractivity contribution in [3.8, 4) is 16.9 Å². The van der Waals surface area contributed by atoms with Crippen LogP contribution in [0.15, 0.2) is 72.1 Å². The molecule has 1 aliphatic rings. The Balaban J connectivity index is 1.17. The number of likely N-dealkylation sites (tertiary alicyclic amines) is 1. The van der Waals surface area contributed by atoms with Crippen LogP contribution in [0.2, 0.25) is 10.0 Å². The van der Waals surface area contributed by atoms with Crippen LogP contribution in [0, 0.1) is 5.82 Å². The van der Waals surface area contributed by atoms with E-state index in [1.807, 2.05) is 0 Å². The monoisotopic (exact) mass is 583 g/mol. The zero-order chi connectivity index (χ0) is 27.4. The molecule has 39 heavy (non-hydrogen) atoms. The minimum absolute atomic E-state index is 0.0325. The number of carbonyl (C=O) groups is 2. The molecule has 2 amide bonds. The van der Waals surface area contributed by atoms with E-state index in [0.717, 1.165) is 23.4 Å². The molecule has 4 aromatic rings. The normalized spacial score (nSPS) is 13.8. The Morgan fingerprint density at radius 1 is 1.00 bits per heavy atom. The van der Waals surface area contributed by atoms with Crippen molar-refractivity contribution in [2.75, 3.05) is 25.0 Å². The summed E-state index contributed by atoms with van der Waals surface area (Å²) in [6.07, 6.45) is 1.50. The van der Waals surface area contributed by atoms with Gasteiger partial charge in [-0.25, -0.2) is 9.37 Å². The van der Waals surface area contributed by atoms with E-state index in [4.69, 9.17) is 27.9 Å². The topological polar surface area (TPSA) is 71.5 Å². The Morgan fingerprint density at radius 3 is 2.36 bits per heavy atom. The number of thiazole rings is 1. The number of benzene rings is 3. The van der Waals surface area contributed by atoms with Gasteiger partial charge in [-0.2, -0.15) is 0 Å². The Kier molecular flexibility index (Phi) is 8.45. The highest BCUT2D eigenvalue weighted by Gasteiger charge is 2.27. The Morgan fingerprint density at radius 2 is 1.67 bits per heavy atom. The van der Waals surface area contributed by atoms with Gasteiger partial charge in [-0.05, 0) is 73.0 Å². The molecule has 200 valence electrons. The molecule has 10 heteroatoms. The molecule has 0 bridgehead atoms. The highest BCUT2D eigenvalue weighted by atomic mass is 35.5. The highest BCUT2D eigenvalue weighted by molar-refractivity contribution is 7.10. The van der Waals surface area contributed by atoms with Crippen molar-refractivity contribution in [3.63, 3.8) is 0 Å². The smallest absolute Gasteiger partial charge is 0.275 e. The molecule has 1 fully saturated rings. The van der Waals surface area contributed by atoms with E-state index in [0.29, 0.717) is 45.8 Å². The molecule has 3 aromatic carbocycles. The van der Waals surface area contributed by atoms with Gasteiger partial charge >= 0.3 is 0 Å². The van der Waals surface area contributed by atoms with Crippen molar-refractivity contribution in [1.82, 2.24) is 9.88 Å². The van der Waals surface area contributed by atoms with Crippen LogP contribution in [0.1, 0.15) is 34.3 Å². The van der Waals surface area contributed by atoms with Gasteiger partial charge < -0.3 is 15.0 Å². The van der Waals surface area contributed by atoms with Crippen molar-refractivity contribution < 1.29 is 18.7 Å². The van der Waals surface area contributed by atoms with Gasteiger partial charge in [-0.1, -0.05) is 35.3 Å². The first kappa shape index (κ1) is 27.1. The number of carbonyl (C=O) groups excluding carboxylic acids is 2. The minimum Gasteiger partial charge on any atom is -0.484 e. The van der Waals surface area contributed by atoms with Crippen LogP contribution in [-0.2, 0) is 4.79 Å². The number of ether oxygens (including phenoxy) is 1. The van der Waals surface area contributed by atoms with Crippen LogP contribution in [0.3, 0.4) is 0 Å². The lowest BCUT2D eigenvalue weighted by atomic mass is 9.97. The molecule has 0 aliphatic carbocycles. The first-order valence-corrected chi connectivity index (χ1v) is 14.0. The molecule has 0 unspecified atom stereocenters. The van der Waals surface area contributed by atoms with Gasteiger partial charge in [0.25, 0.3) is 11.8 Å². The quantitative estimate of drug-likeness (QED) is 0.248. The third kappa shape index (κ3) is 6.76. The molecular formula is C29H24Cl2FN3O3S. The molecule has 1 N–H and O–H groups in total. The van der Waals surface area contributed by atoms with Gasteiger partial charge in [-0.15, -0.1) is 11.3 Å². The molecule has 0 saturated carbocycles. The number of piperidine rings is 1. The summed E-state index contributed by atoms with van der Waals surface area (Å²) in [5.41, 5.74) is 2.06. The fourth-order valence-corrected chi connectivity index (χ4v) is 5.63. The molecule has 2 heterocycles. The summed E-state index contributed by atoms with van der Waals surface area (Å²) in [5, 5.41) is 6.63. The Hall–Kier alpha value is -3.46. The van der Waals surface area contributed by atoms with Crippen molar-refractivity contribution in [1.29, 1.82) is 0 Å². The molecule has 6 nitrogen and oxygen atoms in total. The Bertz CT molecular complexity index is 1470. The first-order valence-electron chi connectivity index (χ1n) is 12.3. The summed E-state index contributed by atoms with van der Waals surface area (Å²) in [6.45, 7) is 1.15. The minimum atomic E-state index is -0.407. The second kappa shape index (κ2) is 12.2. The number of hydrogen-bond donors (Lipinski definition) is 1. The number of rotatable bonds is 7. The van der Waals surface area contributed by atoms with Crippen molar-refractivity contribution in [3.05, 3.63) is 98.7 Å². The fraction of sp³-hybridized carbons (Fsp3) is 0.207. The second-order valence-corrected chi connectivity index (χ2v) is 10.9. The second-order valence-electron chi connectivity index (χ2n) is 9.12. The number of hydrogen-bond acceptors (Lipinski definition) is 5. The predicted molar refractivity (Wildman–Crippen MR) is 152 cm³/mol. The van der Waals surface area contributed by atoms with Gasteiger partial charge in [0.2, 0.25) is 0 Å². The average molecular weight is 585 g/mol. The summed E-state index contributed by atoms with van der Waals surface area (Å²) in [4.78, 5) is 32.0. The summed E-state index contributed by atoms with van der Waals surface area (Å²) in [5.74, 6) is -0.0923. The number of amides is 2. The van der Waals surface area contributed by atoms with Gasteiger partial charge in [0.15, 0.2) is 6.61 Å². The third-order valence-corrected chi connectivity index (χ3v) is 8.02. The van der Waals surface area contributed by atoms with E-state index in [1.165, 1.54) is 29.5 Å². The van der Waals surface area contributed by atoms with Crippen LogP contribution in [0.25, 0.3) is 11.1 Å². The van der Waals surface area contributed by atoms with E-state index in [9.17, 15) is 14.0 Å². The van der Waals surface area contributed by atoms with E-state index < -0.39 is 5.82 Å². The molecule has 0 atom stereocenters. The van der Waals surface area contributed by atoms with Crippen molar-refractivity contribution in [2.24, 2.45) is 0 Å². The number of aromatic nitrogens is 1. The van der Waals surface area contributed by atoms with Crippen LogP contribution < -0.4 is 10.1 Å². The van der Waals surface area contributed by atoms with Crippen LogP contribution in [-0.4, -0.2) is 41.4 Å². The molecule has 5 rings (SSSR count). The standard InChI is InChI=1S/C29H24Cl2FN3O3S/c30-20-3-1-18(2-4-20)24-15-22(32)7-10-25(24)33-28(37)26-17-39-29(34-26)19-11-13-35(14-12-19)27(36)16-38-23-8-5-21(31)6-9-23/h1-10,15,17,19H,11-14,16H2,(H,33,37). The van der Waals surface area contributed by atoms with E-state index in [1.54, 1.807) is 58.8 Å². The fourth-order valence-electron chi connectivity index (χ4n) is 4.40. The Labute approximate surface area is 239 Å². The molecule has 1 aliphatic heterocycles. The first-order chi connectivity index (χ1) is 18.9. The van der Waals surface area contributed by atoms with Crippen molar-refractivity contribution in [2.45, 2.75) is 18.8 Å². The third-order valence-electron chi connectivity index (χ3n) is 6.51. The van der Waals surface area contributed by atoms with Gasteiger partial charge in [0.1, 0.15) is 17.3 Å². The van der Waals surface area contributed by atoms with Crippen LogP contribution >= 0.6 is 34.5 Å². The largest absolute Gasteiger partial charge is 0.484 e. The lowest BCUT2D eigenvalue weighted by molar-refractivity contribution is -0.134. The number of anilines is 1. The maximum atomic E-state index is 14.0. The maximum Gasteiger partial charge on any atom is 0.275 e.